The van der Waals surface area contributed by atoms with Gasteiger partial charge in [0.05, 0.1) is 22.8 Å². The first-order chi connectivity index (χ1) is 15.7. The van der Waals surface area contributed by atoms with Crippen LogP contribution in [0.3, 0.4) is 0 Å². The summed E-state index contributed by atoms with van der Waals surface area (Å²) in [5, 5.41) is 7.49. The third-order valence-corrected chi connectivity index (χ3v) is 5.53. The number of amides is 1. The predicted molar refractivity (Wildman–Crippen MR) is 125 cm³/mol. The van der Waals surface area contributed by atoms with Crippen LogP contribution in [0, 0.1) is 6.92 Å². The van der Waals surface area contributed by atoms with Crippen molar-refractivity contribution >= 4 is 16.9 Å². The first-order valence-corrected chi connectivity index (χ1v) is 10.6. The lowest BCUT2D eigenvalue weighted by atomic mass is 10.0. The molecule has 0 bridgehead atoms. The number of aryl methyl sites for hydroxylation is 1. The van der Waals surface area contributed by atoms with Gasteiger partial charge in [0, 0.05) is 17.5 Å². The number of fused-ring (bicyclic) bond motifs is 1. The summed E-state index contributed by atoms with van der Waals surface area (Å²) in [4.78, 5) is 21.2. The number of aromatic nitrogens is 4. The Morgan fingerprint density at radius 2 is 1.72 bits per heavy atom. The van der Waals surface area contributed by atoms with E-state index >= 15 is 0 Å². The first-order valence-electron chi connectivity index (χ1n) is 10.6. The van der Waals surface area contributed by atoms with Crippen LogP contribution in [-0.4, -0.2) is 25.7 Å². The third-order valence-electron chi connectivity index (χ3n) is 5.53. The van der Waals surface area contributed by atoms with Gasteiger partial charge in [0.2, 0.25) is 0 Å². The molecule has 2 aromatic heterocycles. The van der Waals surface area contributed by atoms with Gasteiger partial charge in [-0.3, -0.25) is 4.79 Å². The summed E-state index contributed by atoms with van der Waals surface area (Å²) in [6.07, 6.45) is 2.40. The van der Waals surface area contributed by atoms with Crippen LogP contribution in [0.2, 0.25) is 0 Å². The van der Waals surface area contributed by atoms with Gasteiger partial charge < -0.3 is 10.3 Å². The molecule has 32 heavy (non-hydrogen) atoms. The molecule has 0 aliphatic heterocycles. The van der Waals surface area contributed by atoms with E-state index in [-0.39, 0.29) is 11.9 Å². The summed E-state index contributed by atoms with van der Waals surface area (Å²) in [5.41, 5.74) is 5.51. The zero-order valence-electron chi connectivity index (χ0n) is 17.7. The molecule has 0 aliphatic rings. The van der Waals surface area contributed by atoms with Crippen molar-refractivity contribution in [2.75, 3.05) is 0 Å². The molecule has 1 amide bonds. The van der Waals surface area contributed by atoms with Crippen LogP contribution in [0.4, 0.5) is 0 Å². The summed E-state index contributed by atoms with van der Waals surface area (Å²) in [6, 6.07) is 27.1. The number of aromatic amines is 1. The third kappa shape index (κ3) is 4.03. The molecule has 5 rings (SSSR count). The second kappa shape index (κ2) is 8.51. The Bertz CT molecular complexity index is 1320. The van der Waals surface area contributed by atoms with Gasteiger partial charge in [0.15, 0.2) is 0 Å². The number of nitrogens with zero attached hydrogens (tertiary/aromatic N) is 3. The van der Waals surface area contributed by atoms with Crippen LogP contribution in [0.1, 0.15) is 33.5 Å². The van der Waals surface area contributed by atoms with Crippen LogP contribution in [0.15, 0.2) is 91.1 Å². The zero-order valence-corrected chi connectivity index (χ0v) is 17.7. The number of imidazole rings is 1. The first kappa shape index (κ1) is 19.8. The van der Waals surface area contributed by atoms with Crippen molar-refractivity contribution in [3.63, 3.8) is 0 Å². The molecule has 0 spiro atoms. The van der Waals surface area contributed by atoms with E-state index in [1.807, 2.05) is 84.4 Å². The number of para-hydroxylation sites is 2. The molecule has 5 aromatic rings. The molecule has 0 fully saturated rings. The van der Waals surface area contributed by atoms with Gasteiger partial charge in [-0.25, -0.2) is 9.67 Å². The van der Waals surface area contributed by atoms with Gasteiger partial charge in [-0.2, -0.15) is 5.10 Å². The average molecular weight is 422 g/mol. The summed E-state index contributed by atoms with van der Waals surface area (Å²) in [5.74, 6) is 0.599. The highest BCUT2D eigenvalue weighted by molar-refractivity contribution is 5.94. The van der Waals surface area contributed by atoms with Crippen molar-refractivity contribution in [2.24, 2.45) is 0 Å². The Balaban J connectivity index is 1.41. The van der Waals surface area contributed by atoms with Crippen molar-refractivity contribution in [1.82, 2.24) is 25.1 Å². The highest BCUT2D eigenvalue weighted by atomic mass is 16.1. The Morgan fingerprint density at radius 1 is 0.969 bits per heavy atom. The minimum absolute atomic E-state index is 0.143. The molecule has 6 heteroatoms. The zero-order chi connectivity index (χ0) is 21.9. The van der Waals surface area contributed by atoms with Crippen molar-refractivity contribution < 1.29 is 4.79 Å². The molecule has 1 atom stereocenters. The van der Waals surface area contributed by atoms with Gasteiger partial charge in [0.1, 0.15) is 5.82 Å². The molecule has 3 aromatic carbocycles. The van der Waals surface area contributed by atoms with Gasteiger partial charge in [0.25, 0.3) is 5.91 Å². The SMILES string of the molecule is Cc1ccnn1-c1ccc(C(=O)N[C@@H](Cc2ccccc2)c2nc3ccccc3[nH]2)cc1. The maximum absolute atomic E-state index is 13.1. The normalized spacial score (nSPS) is 12.0. The number of hydrogen-bond donors (Lipinski definition) is 2. The largest absolute Gasteiger partial charge is 0.342 e. The van der Waals surface area contributed by atoms with Crippen molar-refractivity contribution in [3.05, 3.63) is 114 Å². The van der Waals surface area contributed by atoms with Gasteiger partial charge in [-0.15, -0.1) is 0 Å². The summed E-state index contributed by atoms with van der Waals surface area (Å²) >= 11 is 0. The summed E-state index contributed by atoms with van der Waals surface area (Å²) in [7, 11) is 0. The van der Waals surface area contributed by atoms with E-state index in [2.05, 4.69) is 27.5 Å². The van der Waals surface area contributed by atoms with Crippen LogP contribution in [0.25, 0.3) is 16.7 Å². The molecular formula is C26H23N5O. The van der Waals surface area contributed by atoms with Crippen molar-refractivity contribution in [1.29, 1.82) is 0 Å². The number of benzene rings is 3. The molecule has 0 radical (unpaired) electrons. The molecule has 0 aliphatic carbocycles. The Morgan fingerprint density at radius 3 is 2.44 bits per heavy atom. The van der Waals surface area contributed by atoms with Gasteiger partial charge >= 0.3 is 0 Å². The number of carbonyl (C=O) groups excluding carboxylic acids is 1. The Hall–Kier alpha value is -4.19. The maximum atomic E-state index is 13.1. The summed E-state index contributed by atoms with van der Waals surface area (Å²) in [6.45, 7) is 2.00. The fourth-order valence-corrected chi connectivity index (χ4v) is 3.84. The fourth-order valence-electron chi connectivity index (χ4n) is 3.84. The van der Waals surface area contributed by atoms with Gasteiger partial charge in [-0.1, -0.05) is 42.5 Å². The molecule has 158 valence electrons. The van der Waals surface area contributed by atoms with E-state index in [1.165, 1.54) is 0 Å². The minimum atomic E-state index is -0.287. The molecule has 0 saturated carbocycles. The van der Waals surface area contributed by atoms with Crippen molar-refractivity contribution in [2.45, 2.75) is 19.4 Å². The van der Waals surface area contributed by atoms with E-state index in [1.54, 1.807) is 6.20 Å². The Kier molecular flexibility index (Phi) is 5.25. The summed E-state index contributed by atoms with van der Waals surface area (Å²) < 4.78 is 1.84. The maximum Gasteiger partial charge on any atom is 0.251 e. The number of hydrogen-bond acceptors (Lipinski definition) is 3. The molecule has 6 nitrogen and oxygen atoms in total. The number of carbonyl (C=O) groups is 1. The quantitative estimate of drug-likeness (QED) is 0.415. The minimum Gasteiger partial charge on any atom is -0.342 e. The topological polar surface area (TPSA) is 75.6 Å². The fraction of sp³-hybridized carbons (Fsp3) is 0.115. The van der Waals surface area contributed by atoms with Gasteiger partial charge in [-0.05, 0) is 61.4 Å². The predicted octanol–water partition coefficient (Wildman–Crippen LogP) is 4.77. The van der Waals surface area contributed by atoms with Crippen LogP contribution in [0.5, 0.6) is 0 Å². The molecule has 0 saturated heterocycles. The van der Waals surface area contributed by atoms with E-state index in [0.717, 1.165) is 33.8 Å². The smallest absolute Gasteiger partial charge is 0.251 e. The van der Waals surface area contributed by atoms with Crippen LogP contribution in [-0.2, 0) is 6.42 Å². The molecular weight excluding hydrogens is 398 g/mol. The lowest BCUT2D eigenvalue weighted by Crippen LogP contribution is -2.30. The number of nitrogens with one attached hydrogen (secondary N) is 2. The standard InChI is InChI=1S/C26H23N5O/c1-18-15-16-27-31(18)21-13-11-20(12-14-21)26(32)30-24(17-19-7-3-2-4-8-19)25-28-22-9-5-6-10-23(22)29-25/h2-16,24H,17H2,1H3,(H,28,29)(H,30,32)/t24-/m0/s1. The monoisotopic (exact) mass is 421 g/mol. The second-order valence-corrected chi connectivity index (χ2v) is 7.79. The van der Waals surface area contributed by atoms with E-state index in [0.29, 0.717) is 12.0 Å². The van der Waals surface area contributed by atoms with Crippen molar-refractivity contribution in [3.8, 4) is 5.69 Å². The highest BCUT2D eigenvalue weighted by Crippen LogP contribution is 2.21. The van der Waals surface area contributed by atoms with E-state index < -0.39 is 0 Å². The molecule has 2 N–H and O–H groups in total. The highest BCUT2D eigenvalue weighted by Gasteiger charge is 2.20. The van der Waals surface area contributed by atoms with E-state index in [9.17, 15) is 4.79 Å². The average Bonchev–Trinajstić information content (AvgIpc) is 3.45. The second-order valence-electron chi connectivity index (χ2n) is 7.79. The number of H-pyrrole nitrogens is 1. The number of rotatable bonds is 6. The lowest BCUT2D eigenvalue weighted by molar-refractivity contribution is 0.0935. The van der Waals surface area contributed by atoms with E-state index in [4.69, 9.17) is 4.98 Å². The van der Waals surface area contributed by atoms with Crippen LogP contribution >= 0.6 is 0 Å². The molecule has 0 unspecified atom stereocenters. The molecule has 2 heterocycles. The lowest BCUT2D eigenvalue weighted by Gasteiger charge is -2.17. The van der Waals surface area contributed by atoms with Crippen LogP contribution < -0.4 is 5.32 Å². The Labute approximate surface area is 185 Å².